The maximum atomic E-state index is 12.7. The number of rotatable bonds is 7. The van der Waals surface area contributed by atoms with E-state index in [1.165, 1.54) is 11.8 Å². The Morgan fingerprint density at radius 2 is 2.11 bits per heavy atom. The minimum Gasteiger partial charge on any atom is -0.492 e. The van der Waals surface area contributed by atoms with Crippen molar-refractivity contribution in [3.63, 3.8) is 0 Å². The van der Waals surface area contributed by atoms with Crippen molar-refractivity contribution in [1.29, 1.82) is 0 Å². The molecule has 0 aliphatic rings. The average molecular weight is 402 g/mol. The van der Waals surface area contributed by atoms with Gasteiger partial charge in [0.25, 0.3) is 0 Å². The second-order valence-corrected chi connectivity index (χ2v) is 7.48. The highest BCUT2D eigenvalue weighted by atomic mass is 35.5. The number of carbonyl (C=O) groups is 1. The van der Waals surface area contributed by atoms with E-state index >= 15 is 0 Å². The molecule has 2 aromatic carbocycles. The molecule has 0 aliphatic heterocycles. The highest BCUT2D eigenvalue weighted by Gasteiger charge is 2.19. The zero-order chi connectivity index (χ0) is 19.2. The van der Waals surface area contributed by atoms with Crippen LogP contribution in [0.3, 0.4) is 0 Å². The Labute approximate surface area is 167 Å². The summed E-state index contributed by atoms with van der Waals surface area (Å²) >= 11 is 7.46. The second-order valence-electron chi connectivity index (χ2n) is 5.74. The molecule has 0 saturated heterocycles. The van der Waals surface area contributed by atoms with Crippen LogP contribution in [0.2, 0.25) is 5.02 Å². The van der Waals surface area contributed by atoms with E-state index in [4.69, 9.17) is 16.3 Å². The molecule has 0 spiro atoms. The number of aromatic nitrogens is 2. The number of halogens is 1. The maximum absolute atomic E-state index is 12.7. The van der Waals surface area contributed by atoms with Crippen LogP contribution in [-0.2, 0) is 4.79 Å². The first-order valence-corrected chi connectivity index (χ1v) is 9.83. The van der Waals surface area contributed by atoms with Crippen molar-refractivity contribution in [3.8, 4) is 11.4 Å². The van der Waals surface area contributed by atoms with E-state index in [0.29, 0.717) is 23.1 Å². The first-order valence-electron chi connectivity index (χ1n) is 8.57. The molecule has 5 nitrogen and oxygen atoms in total. The summed E-state index contributed by atoms with van der Waals surface area (Å²) in [5, 5.41) is 3.95. The zero-order valence-corrected chi connectivity index (χ0v) is 16.6. The lowest BCUT2D eigenvalue weighted by Gasteiger charge is -2.15. The van der Waals surface area contributed by atoms with E-state index in [1.54, 1.807) is 6.20 Å². The van der Waals surface area contributed by atoms with Gasteiger partial charge in [-0.25, -0.2) is 4.98 Å². The van der Waals surface area contributed by atoms with Gasteiger partial charge in [-0.2, -0.15) is 0 Å². The molecule has 7 heteroatoms. The minimum absolute atomic E-state index is 0.118. The summed E-state index contributed by atoms with van der Waals surface area (Å²) in [6.45, 7) is 4.29. The maximum Gasteiger partial charge on any atom is 0.237 e. The molecular weight excluding hydrogens is 382 g/mol. The SMILES string of the molecule is CCOc1ccccc1NC(=O)C(C)Sc1nccn1-c1cccc(Cl)c1. The van der Waals surface area contributed by atoms with Gasteiger partial charge in [-0.1, -0.05) is 41.6 Å². The topological polar surface area (TPSA) is 56.1 Å². The van der Waals surface area contributed by atoms with Crippen molar-refractivity contribution in [2.24, 2.45) is 0 Å². The summed E-state index contributed by atoms with van der Waals surface area (Å²) in [7, 11) is 0. The van der Waals surface area contributed by atoms with Crippen LogP contribution in [0.5, 0.6) is 5.75 Å². The first-order chi connectivity index (χ1) is 13.1. The molecule has 0 bridgehead atoms. The second kappa shape index (κ2) is 8.97. The van der Waals surface area contributed by atoms with Gasteiger partial charge in [0.2, 0.25) is 5.91 Å². The Hall–Kier alpha value is -2.44. The molecule has 1 amide bonds. The van der Waals surface area contributed by atoms with Gasteiger partial charge in [-0.15, -0.1) is 0 Å². The minimum atomic E-state index is -0.347. The van der Waals surface area contributed by atoms with Crippen LogP contribution < -0.4 is 10.1 Å². The molecule has 27 heavy (non-hydrogen) atoms. The van der Waals surface area contributed by atoms with Gasteiger partial charge in [0.15, 0.2) is 5.16 Å². The summed E-state index contributed by atoms with van der Waals surface area (Å²) in [6.07, 6.45) is 3.56. The lowest BCUT2D eigenvalue weighted by molar-refractivity contribution is -0.115. The normalized spacial score (nSPS) is 11.8. The molecule has 1 N–H and O–H groups in total. The standard InChI is InChI=1S/C20H20ClN3O2S/c1-3-26-18-10-5-4-9-17(18)23-19(25)14(2)27-20-22-11-12-24(20)16-8-6-7-15(21)13-16/h4-14H,3H2,1-2H3,(H,23,25). The van der Waals surface area contributed by atoms with Crippen LogP contribution in [0.15, 0.2) is 66.1 Å². The van der Waals surface area contributed by atoms with E-state index in [9.17, 15) is 4.79 Å². The summed E-state index contributed by atoms with van der Waals surface area (Å²) in [4.78, 5) is 17.0. The van der Waals surface area contributed by atoms with Gasteiger partial charge in [-0.3, -0.25) is 9.36 Å². The van der Waals surface area contributed by atoms with E-state index in [0.717, 1.165) is 10.8 Å². The summed E-state index contributed by atoms with van der Waals surface area (Å²) in [6, 6.07) is 14.9. The number of thioether (sulfide) groups is 1. The molecule has 0 fully saturated rings. The molecule has 1 unspecified atom stereocenters. The summed E-state index contributed by atoms with van der Waals surface area (Å²) in [5.41, 5.74) is 1.56. The lowest BCUT2D eigenvalue weighted by atomic mass is 10.3. The Balaban J connectivity index is 1.72. The van der Waals surface area contributed by atoms with Crippen LogP contribution in [-0.4, -0.2) is 27.3 Å². The number of carbonyl (C=O) groups excluding carboxylic acids is 1. The predicted octanol–water partition coefficient (Wildman–Crippen LogP) is 5.04. The van der Waals surface area contributed by atoms with Crippen LogP contribution in [0.1, 0.15) is 13.8 Å². The van der Waals surface area contributed by atoms with E-state index < -0.39 is 0 Å². The van der Waals surface area contributed by atoms with Crippen molar-refractivity contribution in [3.05, 3.63) is 65.9 Å². The van der Waals surface area contributed by atoms with Crippen molar-refractivity contribution in [1.82, 2.24) is 9.55 Å². The molecular formula is C20H20ClN3O2S. The van der Waals surface area contributed by atoms with Gasteiger partial charge < -0.3 is 10.1 Å². The number of amides is 1. The number of hydrogen-bond donors (Lipinski definition) is 1. The van der Waals surface area contributed by atoms with Crippen molar-refractivity contribution < 1.29 is 9.53 Å². The number of nitrogens with zero attached hydrogens (tertiary/aromatic N) is 2. The van der Waals surface area contributed by atoms with Gasteiger partial charge in [-0.05, 0) is 44.2 Å². The van der Waals surface area contributed by atoms with Crippen molar-refractivity contribution in [2.45, 2.75) is 24.3 Å². The number of anilines is 1. The van der Waals surface area contributed by atoms with Crippen molar-refractivity contribution in [2.75, 3.05) is 11.9 Å². The number of nitrogens with one attached hydrogen (secondary N) is 1. The predicted molar refractivity (Wildman–Crippen MR) is 110 cm³/mol. The third-order valence-electron chi connectivity index (χ3n) is 3.79. The van der Waals surface area contributed by atoms with Crippen LogP contribution >= 0.6 is 23.4 Å². The third-order valence-corrected chi connectivity index (χ3v) is 5.11. The van der Waals surface area contributed by atoms with E-state index in [1.807, 2.05) is 73.1 Å². The molecule has 0 saturated carbocycles. The zero-order valence-electron chi connectivity index (χ0n) is 15.1. The molecule has 3 aromatic rings. The van der Waals surface area contributed by atoms with E-state index in [-0.39, 0.29) is 11.2 Å². The fraction of sp³-hybridized carbons (Fsp3) is 0.200. The fourth-order valence-electron chi connectivity index (χ4n) is 2.50. The number of hydrogen-bond acceptors (Lipinski definition) is 4. The number of para-hydroxylation sites is 2. The molecule has 140 valence electrons. The molecule has 3 rings (SSSR count). The molecule has 1 heterocycles. The van der Waals surface area contributed by atoms with Crippen LogP contribution in [0.4, 0.5) is 5.69 Å². The Kier molecular flexibility index (Phi) is 6.42. The quantitative estimate of drug-likeness (QED) is 0.563. The van der Waals surface area contributed by atoms with Gasteiger partial charge >= 0.3 is 0 Å². The highest BCUT2D eigenvalue weighted by molar-refractivity contribution is 8.00. The van der Waals surface area contributed by atoms with Gasteiger partial charge in [0, 0.05) is 23.1 Å². The smallest absolute Gasteiger partial charge is 0.237 e. The summed E-state index contributed by atoms with van der Waals surface area (Å²) < 4.78 is 7.47. The Morgan fingerprint density at radius 1 is 1.30 bits per heavy atom. The number of benzene rings is 2. The monoisotopic (exact) mass is 401 g/mol. The summed E-state index contributed by atoms with van der Waals surface area (Å²) in [5.74, 6) is 0.541. The van der Waals surface area contributed by atoms with Crippen molar-refractivity contribution >= 4 is 35.0 Å². The average Bonchev–Trinajstić information content (AvgIpc) is 3.11. The Bertz CT molecular complexity index is 929. The molecule has 0 radical (unpaired) electrons. The third kappa shape index (κ3) is 4.84. The first kappa shape index (κ1) is 19.3. The molecule has 1 atom stereocenters. The fourth-order valence-corrected chi connectivity index (χ4v) is 3.56. The lowest BCUT2D eigenvalue weighted by Crippen LogP contribution is -2.23. The number of imidazole rings is 1. The van der Waals surface area contributed by atoms with Gasteiger partial charge in [0.05, 0.1) is 17.5 Å². The highest BCUT2D eigenvalue weighted by Crippen LogP contribution is 2.28. The van der Waals surface area contributed by atoms with E-state index in [2.05, 4.69) is 10.3 Å². The largest absolute Gasteiger partial charge is 0.492 e. The van der Waals surface area contributed by atoms with Gasteiger partial charge in [0.1, 0.15) is 5.75 Å². The van der Waals surface area contributed by atoms with Crippen LogP contribution in [0.25, 0.3) is 5.69 Å². The molecule has 1 aromatic heterocycles. The number of ether oxygens (including phenoxy) is 1. The molecule has 0 aliphatic carbocycles. The Morgan fingerprint density at radius 3 is 2.89 bits per heavy atom. The van der Waals surface area contributed by atoms with Crippen LogP contribution in [0, 0.1) is 0 Å².